The smallest absolute Gasteiger partial charge is 0.0540 e. The van der Waals surface area contributed by atoms with Gasteiger partial charge in [0.15, 0.2) is 0 Å². The second-order valence-corrected chi connectivity index (χ2v) is 8.84. The highest BCUT2D eigenvalue weighted by atomic mass is 15.1. The Labute approximate surface area is 195 Å². The Morgan fingerprint density at radius 3 is 1.45 bits per heavy atom. The number of benzene rings is 5. The summed E-state index contributed by atoms with van der Waals surface area (Å²) in [5.41, 5.74) is 13.7. The van der Waals surface area contributed by atoms with Crippen molar-refractivity contribution < 1.29 is 0 Å². The van der Waals surface area contributed by atoms with Crippen LogP contribution in [-0.4, -0.2) is 0 Å². The predicted molar refractivity (Wildman–Crippen MR) is 140 cm³/mol. The molecule has 33 heavy (non-hydrogen) atoms. The number of fused-ring (bicyclic) bond motifs is 5. The van der Waals surface area contributed by atoms with Crippen molar-refractivity contribution >= 4 is 17.1 Å². The molecule has 0 unspecified atom stereocenters. The third-order valence-corrected chi connectivity index (χ3v) is 6.53. The number of rotatable bonds is 2. The molecule has 1 nitrogen and oxygen atoms in total. The molecule has 0 N–H and O–H groups in total. The summed E-state index contributed by atoms with van der Waals surface area (Å²) in [4.78, 5) is 2.42. The molecular formula is C32H25N. The predicted octanol–water partition coefficient (Wildman–Crippen LogP) is 9.09. The van der Waals surface area contributed by atoms with Crippen molar-refractivity contribution in [2.75, 3.05) is 4.90 Å². The summed E-state index contributed by atoms with van der Waals surface area (Å²) in [5, 5.41) is 0. The average Bonchev–Trinajstić information content (AvgIpc) is 2.97. The fourth-order valence-electron chi connectivity index (χ4n) is 4.92. The Balaban J connectivity index is 1.61. The highest BCUT2D eigenvalue weighted by Gasteiger charge is 2.26. The first-order valence-corrected chi connectivity index (χ1v) is 11.5. The number of aryl methyl sites for hydroxylation is 2. The third-order valence-electron chi connectivity index (χ3n) is 6.53. The molecule has 0 amide bonds. The molecule has 1 aliphatic rings. The first-order chi connectivity index (χ1) is 16.2. The lowest BCUT2D eigenvalue weighted by atomic mass is 9.93. The van der Waals surface area contributed by atoms with Gasteiger partial charge in [-0.15, -0.1) is 0 Å². The Bertz CT molecular complexity index is 1390. The Kier molecular flexibility index (Phi) is 4.62. The van der Waals surface area contributed by atoms with Crippen LogP contribution in [0, 0.1) is 13.8 Å². The van der Waals surface area contributed by atoms with Gasteiger partial charge in [-0.2, -0.15) is 0 Å². The van der Waals surface area contributed by atoms with E-state index in [1.807, 2.05) is 0 Å². The van der Waals surface area contributed by atoms with Gasteiger partial charge >= 0.3 is 0 Å². The molecule has 5 aromatic rings. The maximum absolute atomic E-state index is 2.42. The zero-order valence-corrected chi connectivity index (χ0v) is 18.9. The molecule has 0 fully saturated rings. The van der Waals surface area contributed by atoms with E-state index >= 15 is 0 Å². The van der Waals surface area contributed by atoms with E-state index in [9.17, 15) is 0 Å². The molecule has 5 aromatic carbocycles. The minimum Gasteiger partial charge on any atom is -0.309 e. The molecule has 6 rings (SSSR count). The lowest BCUT2D eigenvalue weighted by molar-refractivity contribution is 1.28. The Hall–Kier alpha value is -4.10. The molecule has 0 radical (unpaired) electrons. The maximum atomic E-state index is 2.42. The van der Waals surface area contributed by atoms with E-state index in [0.717, 1.165) is 5.69 Å². The van der Waals surface area contributed by atoms with Crippen LogP contribution in [0.3, 0.4) is 0 Å². The van der Waals surface area contributed by atoms with E-state index < -0.39 is 0 Å². The molecule has 1 aliphatic heterocycles. The molecule has 1 heteroatoms. The van der Waals surface area contributed by atoms with Crippen molar-refractivity contribution in [2.45, 2.75) is 13.8 Å². The molecule has 158 valence electrons. The topological polar surface area (TPSA) is 3.24 Å². The number of anilines is 3. The normalized spacial score (nSPS) is 11.9. The van der Waals surface area contributed by atoms with Crippen molar-refractivity contribution in [1.29, 1.82) is 0 Å². The van der Waals surface area contributed by atoms with E-state index in [1.165, 1.54) is 55.9 Å². The fourth-order valence-corrected chi connectivity index (χ4v) is 4.92. The number of nitrogens with zero attached hydrogens (tertiary/aromatic N) is 1. The molecule has 0 saturated carbocycles. The quantitative estimate of drug-likeness (QED) is 0.268. The van der Waals surface area contributed by atoms with Gasteiger partial charge in [-0.25, -0.2) is 0 Å². The first kappa shape index (κ1) is 19.6. The van der Waals surface area contributed by atoms with Gasteiger partial charge in [0.05, 0.1) is 11.4 Å². The number of hydrogen-bond donors (Lipinski definition) is 0. The van der Waals surface area contributed by atoms with Crippen LogP contribution in [0.1, 0.15) is 11.1 Å². The van der Waals surface area contributed by atoms with Gasteiger partial charge in [-0.05, 0) is 72.5 Å². The minimum atomic E-state index is 1.16. The molecule has 0 saturated heterocycles. The average molecular weight is 424 g/mol. The van der Waals surface area contributed by atoms with Gasteiger partial charge in [-0.3, -0.25) is 0 Å². The van der Waals surface area contributed by atoms with Crippen molar-refractivity contribution in [3.8, 4) is 33.4 Å². The highest BCUT2D eigenvalue weighted by Crippen LogP contribution is 2.51. The van der Waals surface area contributed by atoms with Crippen LogP contribution in [0.15, 0.2) is 115 Å². The fraction of sp³-hybridized carbons (Fsp3) is 0.0625. The summed E-state index contributed by atoms with van der Waals surface area (Å²) < 4.78 is 0. The van der Waals surface area contributed by atoms with Crippen LogP contribution in [0.5, 0.6) is 0 Å². The third kappa shape index (κ3) is 3.34. The van der Waals surface area contributed by atoms with Crippen molar-refractivity contribution in [2.24, 2.45) is 0 Å². The van der Waals surface area contributed by atoms with Crippen LogP contribution >= 0.6 is 0 Å². The number of hydrogen-bond acceptors (Lipinski definition) is 1. The van der Waals surface area contributed by atoms with Crippen LogP contribution in [-0.2, 0) is 0 Å². The second-order valence-electron chi connectivity index (χ2n) is 8.84. The van der Waals surface area contributed by atoms with E-state index in [0.29, 0.717) is 0 Å². The zero-order valence-electron chi connectivity index (χ0n) is 18.9. The standard InChI is InChI=1S/C32H25N/c1-22-12-18-31-29(20-22)27-10-6-7-11-28(27)30-21-23(2)13-19-32(30)33(31)26-16-14-25(15-17-26)24-8-4-3-5-9-24/h3-21H,1-2H3. The maximum Gasteiger partial charge on any atom is 0.0540 e. The molecule has 0 spiro atoms. The van der Waals surface area contributed by atoms with Crippen LogP contribution < -0.4 is 4.90 Å². The van der Waals surface area contributed by atoms with Crippen LogP contribution in [0.25, 0.3) is 33.4 Å². The minimum absolute atomic E-state index is 1.16. The Morgan fingerprint density at radius 2 is 0.909 bits per heavy atom. The lowest BCUT2D eigenvalue weighted by Crippen LogP contribution is -2.11. The lowest BCUT2D eigenvalue weighted by Gasteiger charge is -2.28. The first-order valence-electron chi connectivity index (χ1n) is 11.5. The van der Waals surface area contributed by atoms with E-state index in [4.69, 9.17) is 0 Å². The summed E-state index contributed by atoms with van der Waals surface area (Å²) in [6.45, 7) is 4.34. The molecule has 1 heterocycles. The van der Waals surface area contributed by atoms with Crippen molar-refractivity contribution in [3.63, 3.8) is 0 Å². The van der Waals surface area contributed by atoms with Crippen molar-refractivity contribution in [3.05, 3.63) is 126 Å². The summed E-state index contributed by atoms with van der Waals surface area (Å²) in [6, 6.07) is 41.9. The van der Waals surface area contributed by atoms with E-state index in [-0.39, 0.29) is 0 Å². The largest absolute Gasteiger partial charge is 0.309 e. The Morgan fingerprint density at radius 1 is 0.424 bits per heavy atom. The van der Waals surface area contributed by atoms with Gasteiger partial charge in [0.1, 0.15) is 0 Å². The second kappa shape index (κ2) is 7.79. The van der Waals surface area contributed by atoms with Gasteiger partial charge in [0.2, 0.25) is 0 Å². The van der Waals surface area contributed by atoms with Crippen LogP contribution in [0.4, 0.5) is 17.1 Å². The zero-order chi connectivity index (χ0) is 22.4. The summed E-state index contributed by atoms with van der Waals surface area (Å²) >= 11 is 0. The summed E-state index contributed by atoms with van der Waals surface area (Å²) in [7, 11) is 0. The summed E-state index contributed by atoms with van der Waals surface area (Å²) in [5.74, 6) is 0. The van der Waals surface area contributed by atoms with Crippen molar-refractivity contribution in [1.82, 2.24) is 0 Å². The molecule has 0 bridgehead atoms. The highest BCUT2D eigenvalue weighted by molar-refractivity contribution is 6.02. The van der Waals surface area contributed by atoms with E-state index in [1.54, 1.807) is 0 Å². The van der Waals surface area contributed by atoms with Gasteiger partial charge < -0.3 is 4.90 Å². The SMILES string of the molecule is Cc1ccc2c(c1)-c1ccccc1-c1cc(C)ccc1N2c1ccc(-c2ccccc2)cc1. The molecule has 0 atom stereocenters. The van der Waals surface area contributed by atoms with Crippen LogP contribution in [0.2, 0.25) is 0 Å². The molecule has 0 aliphatic carbocycles. The van der Waals surface area contributed by atoms with Gasteiger partial charge in [0.25, 0.3) is 0 Å². The van der Waals surface area contributed by atoms with E-state index in [2.05, 4.69) is 134 Å². The summed E-state index contributed by atoms with van der Waals surface area (Å²) in [6.07, 6.45) is 0. The molecular weight excluding hydrogens is 398 g/mol. The van der Waals surface area contributed by atoms with Gasteiger partial charge in [-0.1, -0.05) is 90.0 Å². The monoisotopic (exact) mass is 423 g/mol. The van der Waals surface area contributed by atoms with Gasteiger partial charge in [0, 0.05) is 16.8 Å². The molecule has 0 aromatic heterocycles.